The Labute approximate surface area is 217 Å². The molecule has 9 heteroatoms. The summed E-state index contributed by atoms with van der Waals surface area (Å²) >= 11 is 0. The van der Waals surface area contributed by atoms with Gasteiger partial charge >= 0.3 is 5.97 Å². The Bertz CT molecular complexity index is 1220. The van der Waals surface area contributed by atoms with Crippen molar-refractivity contribution in [3.63, 3.8) is 0 Å². The van der Waals surface area contributed by atoms with Crippen molar-refractivity contribution in [3.8, 4) is 11.5 Å². The largest absolute Gasteiger partial charge is 0.493 e. The van der Waals surface area contributed by atoms with Gasteiger partial charge in [0.25, 0.3) is 5.91 Å². The number of Topliss-reactive ketones (excluding diaryl/α,β-unsaturated/α-hetero) is 1. The van der Waals surface area contributed by atoms with E-state index >= 15 is 0 Å². The molecule has 1 aliphatic rings. The number of amides is 1. The molecule has 0 aliphatic carbocycles. The fourth-order valence-electron chi connectivity index (χ4n) is 4.18. The van der Waals surface area contributed by atoms with Gasteiger partial charge in [0.05, 0.1) is 38.9 Å². The molecular formula is C28H35N3O6. The van der Waals surface area contributed by atoms with Crippen molar-refractivity contribution in [3.05, 3.63) is 58.1 Å². The highest BCUT2D eigenvalue weighted by molar-refractivity contribution is 6.07. The van der Waals surface area contributed by atoms with E-state index < -0.39 is 0 Å². The number of carbonyl (C=O) groups is 3. The molecule has 0 saturated carbocycles. The first-order valence-electron chi connectivity index (χ1n) is 12.2. The highest BCUT2D eigenvalue weighted by Gasteiger charge is 2.30. The molecule has 0 spiro atoms. The van der Waals surface area contributed by atoms with E-state index in [1.165, 1.54) is 7.11 Å². The Kier molecular flexibility index (Phi) is 8.57. The first kappa shape index (κ1) is 27.7. The number of ether oxygens (including phenoxy) is 3. The lowest BCUT2D eigenvalue weighted by atomic mass is 9.85. The van der Waals surface area contributed by atoms with Gasteiger partial charge in [-0.25, -0.2) is 0 Å². The third kappa shape index (κ3) is 6.28. The van der Waals surface area contributed by atoms with E-state index in [9.17, 15) is 14.4 Å². The van der Waals surface area contributed by atoms with E-state index in [0.29, 0.717) is 41.3 Å². The van der Waals surface area contributed by atoms with Crippen LogP contribution in [0.3, 0.4) is 0 Å². The van der Waals surface area contributed by atoms with Gasteiger partial charge in [0, 0.05) is 30.3 Å². The van der Waals surface area contributed by atoms with Crippen LogP contribution in [0.25, 0.3) is 0 Å². The van der Waals surface area contributed by atoms with E-state index in [1.54, 1.807) is 36.2 Å². The van der Waals surface area contributed by atoms with Crippen LogP contribution in [0.5, 0.6) is 11.5 Å². The van der Waals surface area contributed by atoms with Crippen molar-refractivity contribution in [1.82, 2.24) is 10.2 Å². The summed E-state index contributed by atoms with van der Waals surface area (Å²) in [6.45, 7) is 8.88. The topological polar surface area (TPSA) is 118 Å². The zero-order chi connectivity index (χ0) is 27.3. The molecule has 0 atom stereocenters. The van der Waals surface area contributed by atoms with Crippen LogP contribution in [-0.4, -0.2) is 62.3 Å². The molecule has 0 radical (unpaired) electrons. The number of nitrogens with zero attached hydrogens (tertiary/aromatic N) is 1. The average Bonchev–Trinajstić information content (AvgIpc) is 3.16. The van der Waals surface area contributed by atoms with E-state index in [1.807, 2.05) is 33.8 Å². The number of esters is 1. The molecule has 37 heavy (non-hydrogen) atoms. The average molecular weight is 510 g/mol. The summed E-state index contributed by atoms with van der Waals surface area (Å²) in [5.41, 5.74) is 2.85. The summed E-state index contributed by atoms with van der Waals surface area (Å²) < 4.78 is 16.2. The molecule has 2 aromatic rings. The zero-order valence-corrected chi connectivity index (χ0v) is 22.3. The van der Waals surface area contributed by atoms with Gasteiger partial charge in [0.1, 0.15) is 17.3 Å². The number of fused-ring (bicyclic) bond motifs is 1. The second-order valence-electron chi connectivity index (χ2n) is 9.78. The Morgan fingerprint density at radius 1 is 1.08 bits per heavy atom. The first-order valence-corrected chi connectivity index (χ1v) is 12.2. The summed E-state index contributed by atoms with van der Waals surface area (Å²) in [6.07, 6.45) is 0.130. The maximum absolute atomic E-state index is 13.3. The van der Waals surface area contributed by atoms with Crippen molar-refractivity contribution in [2.75, 3.05) is 33.9 Å². The van der Waals surface area contributed by atoms with Crippen molar-refractivity contribution < 1.29 is 28.6 Å². The standard InChI is InChI=1S/C28H35N3O6/c1-7-36-24-13-18-15-31(26(29)19(18)14-20(24)27(34)30-5)16-22(32)17-8-9-23(21(12-17)28(2,3)4)37-11-10-25(33)35-6/h8-9,12-14,29H,7,10-11,15-16H2,1-6H3,(H,30,34). The van der Waals surface area contributed by atoms with Crippen molar-refractivity contribution in [2.45, 2.75) is 46.1 Å². The van der Waals surface area contributed by atoms with E-state index in [0.717, 1.165) is 11.1 Å². The molecule has 1 aliphatic heterocycles. The van der Waals surface area contributed by atoms with Crippen molar-refractivity contribution in [1.29, 1.82) is 5.41 Å². The molecule has 2 aromatic carbocycles. The SMILES string of the molecule is CCOc1cc2c(cc1C(=O)NC)C(=N)N(CC(=O)c1ccc(OCCC(=O)OC)c(C(C)(C)C)c1)C2. The van der Waals surface area contributed by atoms with Gasteiger partial charge in [-0.2, -0.15) is 0 Å². The first-order chi connectivity index (χ1) is 17.5. The minimum atomic E-state index is -0.353. The number of ketones is 1. The number of nitrogens with one attached hydrogen (secondary N) is 2. The lowest BCUT2D eigenvalue weighted by Gasteiger charge is -2.24. The van der Waals surface area contributed by atoms with Gasteiger partial charge in [-0.05, 0) is 48.2 Å². The molecule has 3 rings (SSSR count). The summed E-state index contributed by atoms with van der Waals surface area (Å²) in [7, 11) is 2.88. The Hall–Kier alpha value is -3.88. The van der Waals surface area contributed by atoms with Crippen LogP contribution in [0.4, 0.5) is 0 Å². The van der Waals surface area contributed by atoms with Gasteiger partial charge in [0.2, 0.25) is 0 Å². The molecule has 2 N–H and O–H groups in total. The van der Waals surface area contributed by atoms with E-state index in [4.69, 9.17) is 14.9 Å². The molecule has 0 bridgehead atoms. The quantitative estimate of drug-likeness (QED) is 0.370. The molecule has 1 amide bonds. The van der Waals surface area contributed by atoms with E-state index in [2.05, 4.69) is 10.1 Å². The summed E-state index contributed by atoms with van der Waals surface area (Å²) in [6, 6.07) is 8.71. The molecule has 9 nitrogen and oxygen atoms in total. The van der Waals surface area contributed by atoms with Gasteiger partial charge in [-0.1, -0.05) is 20.8 Å². The number of benzene rings is 2. The third-order valence-electron chi connectivity index (χ3n) is 6.14. The Balaban J connectivity index is 1.80. The lowest BCUT2D eigenvalue weighted by molar-refractivity contribution is -0.141. The predicted octanol–water partition coefficient (Wildman–Crippen LogP) is 3.71. The fourth-order valence-corrected chi connectivity index (χ4v) is 4.18. The lowest BCUT2D eigenvalue weighted by Crippen LogP contribution is -2.30. The van der Waals surface area contributed by atoms with Crippen LogP contribution in [-0.2, 0) is 21.5 Å². The number of hydrogen-bond donors (Lipinski definition) is 2. The number of rotatable bonds is 10. The summed E-state index contributed by atoms with van der Waals surface area (Å²) in [5.74, 6) is 0.473. The van der Waals surface area contributed by atoms with Gasteiger partial charge < -0.3 is 24.4 Å². The molecule has 0 aromatic heterocycles. The molecule has 1 heterocycles. The van der Waals surface area contributed by atoms with Gasteiger partial charge in [-0.3, -0.25) is 19.8 Å². The molecule has 0 unspecified atom stereocenters. The van der Waals surface area contributed by atoms with Crippen LogP contribution in [0.1, 0.15) is 71.5 Å². The normalized spacial score (nSPS) is 12.7. The second-order valence-corrected chi connectivity index (χ2v) is 9.78. The molecule has 0 fully saturated rings. The third-order valence-corrected chi connectivity index (χ3v) is 6.14. The van der Waals surface area contributed by atoms with Crippen molar-refractivity contribution >= 4 is 23.5 Å². The Morgan fingerprint density at radius 3 is 2.43 bits per heavy atom. The number of amidine groups is 1. The maximum Gasteiger partial charge on any atom is 0.308 e. The van der Waals surface area contributed by atoms with Gasteiger partial charge in [0.15, 0.2) is 5.78 Å². The van der Waals surface area contributed by atoms with Crippen molar-refractivity contribution in [2.24, 2.45) is 0 Å². The van der Waals surface area contributed by atoms with Crippen LogP contribution < -0.4 is 14.8 Å². The second kappa shape index (κ2) is 11.5. The number of methoxy groups -OCH3 is 1. The molecule has 198 valence electrons. The van der Waals surface area contributed by atoms with Crippen LogP contribution in [0.15, 0.2) is 30.3 Å². The van der Waals surface area contributed by atoms with E-state index in [-0.39, 0.29) is 48.5 Å². The summed E-state index contributed by atoms with van der Waals surface area (Å²) in [4.78, 5) is 38.8. The van der Waals surface area contributed by atoms with Crippen LogP contribution in [0.2, 0.25) is 0 Å². The van der Waals surface area contributed by atoms with Crippen LogP contribution in [0, 0.1) is 5.41 Å². The minimum Gasteiger partial charge on any atom is -0.493 e. The zero-order valence-electron chi connectivity index (χ0n) is 22.3. The van der Waals surface area contributed by atoms with Crippen LogP contribution >= 0.6 is 0 Å². The summed E-state index contributed by atoms with van der Waals surface area (Å²) in [5, 5.41) is 11.3. The molecular weight excluding hydrogens is 474 g/mol. The van der Waals surface area contributed by atoms with Gasteiger partial charge in [-0.15, -0.1) is 0 Å². The minimum absolute atomic E-state index is 0.0128. The number of carbonyl (C=O) groups excluding carboxylic acids is 3. The smallest absolute Gasteiger partial charge is 0.308 e. The highest BCUT2D eigenvalue weighted by atomic mass is 16.5. The Morgan fingerprint density at radius 2 is 1.81 bits per heavy atom. The monoisotopic (exact) mass is 509 g/mol. The molecule has 0 saturated heterocycles. The maximum atomic E-state index is 13.3. The highest BCUT2D eigenvalue weighted by Crippen LogP contribution is 2.34. The predicted molar refractivity (Wildman–Crippen MR) is 140 cm³/mol. The number of hydrogen-bond acceptors (Lipinski definition) is 7. The fraction of sp³-hybridized carbons (Fsp3) is 0.429.